The molecule has 0 amide bonds. The van der Waals surface area contributed by atoms with Crippen molar-refractivity contribution in [3.8, 4) is 0 Å². The van der Waals surface area contributed by atoms with Crippen LogP contribution in [0.4, 0.5) is 13.2 Å². The van der Waals surface area contributed by atoms with Crippen LogP contribution in [0.5, 0.6) is 0 Å². The molecule has 1 unspecified atom stereocenters. The second-order valence-electron chi connectivity index (χ2n) is 4.55. The van der Waals surface area contributed by atoms with Crippen molar-refractivity contribution < 1.29 is 22.7 Å². The summed E-state index contributed by atoms with van der Waals surface area (Å²) in [7, 11) is 0. The molecule has 0 aliphatic heterocycles. The Morgan fingerprint density at radius 3 is 2.27 bits per heavy atom. The van der Waals surface area contributed by atoms with E-state index in [1.54, 1.807) is 18.2 Å². The highest BCUT2D eigenvalue weighted by molar-refractivity contribution is 5.89. The first-order chi connectivity index (χ1) is 10.5. The fraction of sp³-hybridized carbons (Fsp3) is 0.118. The molecular weight excluding hydrogens is 293 g/mol. The Bertz CT molecular complexity index is 669. The van der Waals surface area contributed by atoms with E-state index in [2.05, 4.69) is 6.58 Å². The number of carbonyl (C=O) groups excluding carboxylic acids is 1. The van der Waals surface area contributed by atoms with Crippen LogP contribution in [0.3, 0.4) is 0 Å². The van der Waals surface area contributed by atoms with Gasteiger partial charge >= 0.3 is 11.9 Å². The zero-order chi connectivity index (χ0) is 16.2. The fourth-order valence-electron chi connectivity index (χ4n) is 1.90. The summed E-state index contributed by atoms with van der Waals surface area (Å²) < 4.78 is 46.4. The molecule has 0 N–H and O–H groups in total. The van der Waals surface area contributed by atoms with Crippen LogP contribution in [-0.2, 0) is 4.74 Å². The summed E-state index contributed by atoms with van der Waals surface area (Å²) in [4.78, 5) is 12.0. The fourth-order valence-corrected chi connectivity index (χ4v) is 1.90. The van der Waals surface area contributed by atoms with Crippen molar-refractivity contribution in [2.45, 2.75) is 12.0 Å². The zero-order valence-electron chi connectivity index (χ0n) is 11.5. The molecule has 0 fully saturated rings. The van der Waals surface area contributed by atoms with Crippen LogP contribution in [-0.4, -0.2) is 11.9 Å². The molecule has 0 radical (unpaired) electrons. The van der Waals surface area contributed by atoms with E-state index in [-0.39, 0.29) is 5.56 Å². The maximum absolute atomic E-state index is 14.0. The molecule has 0 aromatic heterocycles. The third-order valence-corrected chi connectivity index (χ3v) is 3.04. The largest absolute Gasteiger partial charge is 0.447 e. The van der Waals surface area contributed by atoms with Crippen molar-refractivity contribution in [1.82, 2.24) is 0 Å². The first kappa shape index (κ1) is 15.8. The summed E-state index contributed by atoms with van der Waals surface area (Å²) in [6.45, 7) is 3.06. The van der Waals surface area contributed by atoms with Crippen LogP contribution >= 0.6 is 0 Å². The molecule has 0 aliphatic rings. The van der Waals surface area contributed by atoms with E-state index in [9.17, 15) is 18.0 Å². The molecule has 0 heterocycles. The number of hydrogen-bond donors (Lipinski definition) is 0. The lowest BCUT2D eigenvalue weighted by molar-refractivity contribution is -0.0839. The Kier molecular flexibility index (Phi) is 4.65. The highest BCUT2D eigenvalue weighted by atomic mass is 19.3. The molecule has 0 saturated heterocycles. The molecule has 0 bridgehead atoms. The number of alkyl halides is 2. The average Bonchev–Trinajstić information content (AvgIpc) is 2.53. The minimum absolute atomic E-state index is 0.0945. The molecule has 2 rings (SSSR count). The summed E-state index contributed by atoms with van der Waals surface area (Å²) in [6, 6.07) is 12.6. The predicted molar refractivity (Wildman–Crippen MR) is 76.1 cm³/mol. The summed E-state index contributed by atoms with van der Waals surface area (Å²) in [6.07, 6.45) is -1.47. The van der Waals surface area contributed by atoms with Gasteiger partial charge in [-0.15, -0.1) is 0 Å². The molecule has 0 spiro atoms. The van der Waals surface area contributed by atoms with E-state index in [4.69, 9.17) is 4.74 Å². The number of esters is 1. The Hall–Kier alpha value is -2.56. The number of ether oxygens (including phenoxy) is 1. The standard InChI is InChI=1S/C17H13F3O2/c1-2-17(19,20)15(12-8-4-3-5-9-12)22-16(21)13-10-6-7-11-14(13)18/h2-11,15H,1H2. The van der Waals surface area contributed by atoms with Crippen LogP contribution < -0.4 is 0 Å². The van der Waals surface area contributed by atoms with Gasteiger partial charge in [-0.05, 0) is 23.8 Å². The van der Waals surface area contributed by atoms with E-state index in [0.29, 0.717) is 6.08 Å². The summed E-state index contributed by atoms with van der Waals surface area (Å²) >= 11 is 0. The van der Waals surface area contributed by atoms with Gasteiger partial charge in [0.25, 0.3) is 0 Å². The molecule has 114 valence electrons. The molecule has 22 heavy (non-hydrogen) atoms. The van der Waals surface area contributed by atoms with Gasteiger partial charge in [0.1, 0.15) is 5.82 Å². The van der Waals surface area contributed by atoms with Gasteiger partial charge in [-0.3, -0.25) is 0 Å². The number of benzene rings is 2. The van der Waals surface area contributed by atoms with Crippen molar-refractivity contribution in [2.75, 3.05) is 0 Å². The van der Waals surface area contributed by atoms with Gasteiger partial charge in [-0.25, -0.2) is 9.18 Å². The third-order valence-electron chi connectivity index (χ3n) is 3.04. The van der Waals surface area contributed by atoms with E-state index in [1.807, 2.05) is 0 Å². The Morgan fingerprint density at radius 1 is 1.09 bits per heavy atom. The summed E-state index contributed by atoms with van der Waals surface area (Å²) in [5.74, 6) is -5.47. The quantitative estimate of drug-likeness (QED) is 0.598. The maximum Gasteiger partial charge on any atom is 0.341 e. The smallest absolute Gasteiger partial charge is 0.341 e. The van der Waals surface area contributed by atoms with Crippen molar-refractivity contribution in [1.29, 1.82) is 0 Å². The summed E-state index contributed by atoms with van der Waals surface area (Å²) in [5.41, 5.74) is -0.305. The predicted octanol–water partition coefficient (Wildman–Crippen LogP) is 4.55. The number of halogens is 3. The average molecular weight is 306 g/mol. The molecule has 0 aliphatic carbocycles. The first-order valence-corrected chi connectivity index (χ1v) is 6.47. The Labute approximate surface area is 125 Å². The van der Waals surface area contributed by atoms with Gasteiger partial charge in [0.15, 0.2) is 6.10 Å². The lowest BCUT2D eigenvalue weighted by Gasteiger charge is -2.24. The van der Waals surface area contributed by atoms with Gasteiger partial charge in [-0.1, -0.05) is 49.0 Å². The van der Waals surface area contributed by atoms with Gasteiger partial charge in [0.05, 0.1) is 5.56 Å². The van der Waals surface area contributed by atoms with Crippen LogP contribution in [0.1, 0.15) is 22.0 Å². The van der Waals surface area contributed by atoms with Gasteiger partial charge in [0.2, 0.25) is 0 Å². The maximum atomic E-state index is 14.0. The van der Waals surface area contributed by atoms with Crippen LogP contribution in [0.15, 0.2) is 67.3 Å². The zero-order valence-corrected chi connectivity index (χ0v) is 11.5. The van der Waals surface area contributed by atoms with E-state index < -0.39 is 29.4 Å². The van der Waals surface area contributed by atoms with Crippen LogP contribution in [0, 0.1) is 5.82 Å². The highest BCUT2D eigenvalue weighted by Crippen LogP contribution is 2.36. The molecule has 1 atom stereocenters. The first-order valence-electron chi connectivity index (χ1n) is 6.47. The molecule has 2 aromatic rings. The molecule has 0 saturated carbocycles. The molecule has 5 heteroatoms. The van der Waals surface area contributed by atoms with E-state index in [0.717, 1.165) is 6.07 Å². The lowest BCUT2D eigenvalue weighted by Crippen LogP contribution is -2.28. The van der Waals surface area contributed by atoms with E-state index in [1.165, 1.54) is 30.3 Å². The normalized spacial score (nSPS) is 12.5. The van der Waals surface area contributed by atoms with Crippen molar-refractivity contribution in [2.24, 2.45) is 0 Å². The molecule has 2 aromatic carbocycles. The minimum atomic E-state index is -3.48. The Morgan fingerprint density at radius 2 is 1.68 bits per heavy atom. The highest BCUT2D eigenvalue weighted by Gasteiger charge is 2.41. The third kappa shape index (κ3) is 3.36. The summed E-state index contributed by atoms with van der Waals surface area (Å²) in [5, 5.41) is 0. The topological polar surface area (TPSA) is 26.3 Å². The minimum Gasteiger partial charge on any atom is -0.447 e. The van der Waals surface area contributed by atoms with Crippen LogP contribution in [0.25, 0.3) is 0 Å². The van der Waals surface area contributed by atoms with Gasteiger partial charge < -0.3 is 4.74 Å². The molecular formula is C17H13F3O2. The number of hydrogen-bond acceptors (Lipinski definition) is 2. The second kappa shape index (κ2) is 6.47. The lowest BCUT2D eigenvalue weighted by atomic mass is 10.0. The van der Waals surface area contributed by atoms with Gasteiger partial charge in [0, 0.05) is 0 Å². The van der Waals surface area contributed by atoms with Crippen LogP contribution in [0.2, 0.25) is 0 Å². The van der Waals surface area contributed by atoms with Crippen molar-refractivity contribution in [3.05, 3.63) is 84.2 Å². The van der Waals surface area contributed by atoms with Gasteiger partial charge in [-0.2, -0.15) is 8.78 Å². The van der Waals surface area contributed by atoms with Crippen molar-refractivity contribution in [3.63, 3.8) is 0 Å². The number of carbonyl (C=O) groups is 1. The number of rotatable bonds is 5. The Balaban J connectivity index is 2.34. The monoisotopic (exact) mass is 306 g/mol. The SMILES string of the molecule is C=CC(F)(F)C(OC(=O)c1ccccc1F)c1ccccc1. The molecule has 2 nitrogen and oxygen atoms in total. The van der Waals surface area contributed by atoms with E-state index >= 15 is 0 Å². The second-order valence-corrected chi connectivity index (χ2v) is 4.55. The van der Waals surface area contributed by atoms with Crippen molar-refractivity contribution >= 4 is 5.97 Å².